The fourth-order valence-electron chi connectivity index (χ4n) is 1.07. The topological polar surface area (TPSA) is 32.3 Å². The van der Waals surface area contributed by atoms with Crippen molar-refractivity contribution in [1.82, 2.24) is 5.32 Å². The minimum Gasteiger partial charge on any atom is -0.508 e. The molecule has 0 aromatic heterocycles. The first-order valence-corrected chi connectivity index (χ1v) is 4.76. The zero-order valence-electron chi connectivity index (χ0n) is 7.27. The number of rotatable bonds is 3. The largest absolute Gasteiger partial charge is 0.508 e. The molecule has 0 aliphatic heterocycles. The number of benzene rings is 1. The van der Waals surface area contributed by atoms with Crippen LogP contribution in [0, 0.1) is 5.82 Å². The van der Waals surface area contributed by atoms with Crippen LogP contribution in [0.3, 0.4) is 0 Å². The number of nitrogens with one attached hydrogen (secondary N) is 1. The van der Waals surface area contributed by atoms with Gasteiger partial charge in [0.15, 0.2) is 0 Å². The zero-order valence-corrected chi connectivity index (χ0v) is 8.86. The number of hydrogen-bond acceptors (Lipinski definition) is 2. The van der Waals surface area contributed by atoms with E-state index in [1.807, 2.05) is 0 Å². The normalized spacial score (nSPS) is 10.4. The maximum absolute atomic E-state index is 13.4. The highest BCUT2D eigenvalue weighted by atomic mass is 79.9. The lowest BCUT2D eigenvalue weighted by molar-refractivity contribution is 0.457. The molecule has 0 aliphatic carbocycles. The van der Waals surface area contributed by atoms with Crippen LogP contribution in [0.2, 0.25) is 0 Å². The van der Waals surface area contributed by atoms with Crippen LogP contribution in [0.1, 0.15) is 5.56 Å². The molecule has 0 saturated carbocycles. The van der Waals surface area contributed by atoms with Gasteiger partial charge < -0.3 is 10.4 Å². The van der Waals surface area contributed by atoms with Crippen LogP contribution in [0.5, 0.6) is 5.75 Å². The van der Waals surface area contributed by atoms with Crippen molar-refractivity contribution in [3.63, 3.8) is 0 Å². The Morgan fingerprint density at radius 2 is 2.23 bits per heavy atom. The molecule has 0 fully saturated rings. The van der Waals surface area contributed by atoms with Crippen molar-refractivity contribution in [3.8, 4) is 5.75 Å². The molecule has 2 N–H and O–H groups in total. The average molecular weight is 248 g/mol. The third kappa shape index (κ3) is 2.42. The standard InChI is InChI=1S/C9H11BrFNO/c1-12-5-4-6-8(13)3-2-7(10)9(6)11/h2-3,12-13H,4-5H2,1H3. The van der Waals surface area contributed by atoms with Gasteiger partial charge in [0.2, 0.25) is 0 Å². The highest BCUT2D eigenvalue weighted by Crippen LogP contribution is 2.26. The summed E-state index contributed by atoms with van der Waals surface area (Å²) in [5.41, 5.74) is 0.351. The summed E-state index contributed by atoms with van der Waals surface area (Å²) < 4.78 is 13.7. The number of likely N-dealkylation sites (N-methyl/N-ethyl adjacent to an activating group) is 1. The van der Waals surface area contributed by atoms with E-state index in [0.717, 1.165) is 0 Å². The van der Waals surface area contributed by atoms with Crippen LogP contribution < -0.4 is 5.32 Å². The van der Waals surface area contributed by atoms with Crippen molar-refractivity contribution in [1.29, 1.82) is 0 Å². The average Bonchev–Trinajstić information content (AvgIpc) is 2.12. The molecule has 2 nitrogen and oxygen atoms in total. The van der Waals surface area contributed by atoms with Crippen LogP contribution >= 0.6 is 15.9 Å². The van der Waals surface area contributed by atoms with Crippen LogP contribution in [0.4, 0.5) is 4.39 Å². The van der Waals surface area contributed by atoms with Gasteiger partial charge in [0.1, 0.15) is 11.6 Å². The van der Waals surface area contributed by atoms with Gasteiger partial charge in [0.05, 0.1) is 4.47 Å². The molecule has 0 unspecified atom stereocenters. The number of hydrogen-bond donors (Lipinski definition) is 2. The molecule has 0 atom stereocenters. The Hall–Kier alpha value is -0.610. The monoisotopic (exact) mass is 247 g/mol. The molecule has 13 heavy (non-hydrogen) atoms. The summed E-state index contributed by atoms with van der Waals surface area (Å²) in [4.78, 5) is 0. The first kappa shape index (κ1) is 10.5. The lowest BCUT2D eigenvalue weighted by Gasteiger charge is -2.06. The summed E-state index contributed by atoms with van der Waals surface area (Å²) in [6.07, 6.45) is 0.480. The van der Waals surface area contributed by atoms with Crippen LogP contribution in [-0.2, 0) is 6.42 Å². The lowest BCUT2D eigenvalue weighted by atomic mass is 10.1. The second-order valence-corrected chi connectivity index (χ2v) is 3.57. The Morgan fingerprint density at radius 3 is 2.85 bits per heavy atom. The molecule has 1 aromatic rings. The Bertz CT molecular complexity index is 304. The molecular weight excluding hydrogens is 237 g/mol. The van der Waals surface area contributed by atoms with Crippen molar-refractivity contribution < 1.29 is 9.50 Å². The van der Waals surface area contributed by atoms with Crippen molar-refractivity contribution in [2.24, 2.45) is 0 Å². The summed E-state index contributed by atoms with van der Waals surface area (Å²) in [5.74, 6) is -0.369. The quantitative estimate of drug-likeness (QED) is 0.858. The van der Waals surface area contributed by atoms with Crippen molar-refractivity contribution >= 4 is 15.9 Å². The summed E-state index contributed by atoms with van der Waals surface area (Å²) in [5, 5.41) is 12.3. The number of phenolic OH excluding ortho intramolecular Hbond substituents is 1. The second kappa shape index (κ2) is 4.58. The smallest absolute Gasteiger partial charge is 0.144 e. The van der Waals surface area contributed by atoms with Gasteiger partial charge in [-0.2, -0.15) is 0 Å². The van der Waals surface area contributed by atoms with Gasteiger partial charge in [-0.25, -0.2) is 4.39 Å². The van der Waals surface area contributed by atoms with Crippen molar-refractivity contribution in [2.45, 2.75) is 6.42 Å². The Balaban J connectivity index is 2.96. The summed E-state index contributed by atoms with van der Waals surface area (Å²) in [6, 6.07) is 2.98. The SMILES string of the molecule is CNCCc1c(O)ccc(Br)c1F. The molecule has 0 spiro atoms. The van der Waals surface area contributed by atoms with Gasteiger partial charge in [-0.1, -0.05) is 0 Å². The van der Waals surface area contributed by atoms with Crippen molar-refractivity contribution in [2.75, 3.05) is 13.6 Å². The molecule has 1 rings (SSSR count). The molecule has 0 radical (unpaired) electrons. The third-order valence-electron chi connectivity index (χ3n) is 1.80. The fourth-order valence-corrected chi connectivity index (χ4v) is 1.44. The zero-order chi connectivity index (χ0) is 9.84. The van der Waals surface area contributed by atoms with Crippen LogP contribution in [-0.4, -0.2) is 18.7 Å². The lowest BCUT2D eigenvalue weighted by Crippen LogP contribution is -2.11. The van der Waals surface area contributed by atoms with Gasteiger partial charge in [-0.15, -0.1) is 0 Å². The van der Waals surface area contributed by atoms with E-state index in [0.29, 0.717) is 23.0 Å². The molecule has 1 aromatic carbocycles. The number of halogens is 2. The molecule has 0 bridgehead atoms. The predicted molar refractivity (Wildman–Crippen MR) is 53.4 cm³/mol. The van der Waals surface area contributed by atoms with E-state index in [1.54, 1.807) is 7.05 Å². The Labute approximate surface area is 84.9 Å². The Kier molecular flexibility index (Phi) is 3.69. The molecule has 0 saturated heterocycles. The van der Waals surface area contributed by atoms with E-state index in [2.05, 4.69) is 21.2 Å². The summed E-state index contributed by atoms with van der Waals surface area (Å²) in [6.45, 7) is 0.640. The van der Waals surface area contributed by atoms with Crippen molar-refractivity contribution in [3.05, 3.63) is 28.0 Å². The fraction of sp³-hybridized carbons (Fsp3) is 0.333. The second-order valence-electron chi connectivity index (χ2n) is 2.71. The molecule has 72 valence electrons. The van der Waals surface area contributed by atoms with E-state index < -0.39 is 0 Å². The maximum Gasteiger partial charge on any atom is 0.144 e. The highest BCUT2D eigenvalue weighted by molar-refractivity contribution is 9.10. The van der Waals surface area contributed by atoms with Gasteiger partial charge in [0, 0.05) is 5.56 Å². The predicted octanol–water partition coefficient (Wildman–Crippen LogP) is 2.06. The Morgan fingerprint density at radius 1 is 1.54 bits per heavy atom. The first-order valence-electron chi connectivity index (χ1n) is 3.97. The van der Waals surface area contributed by atoms with E-state index in [-0.39, 0.29) is 11.6 Å². The third-order valence-corrected chi connectivity index (χ3v) is 2.41. The number of aromatic hydroxyl groups is 1. The van der Waals surface area contributed by atoms with Gasteiger partial charge in [0.25, 0.3) is 0 Å². The molecule has 4 heteroatoms. The molecular formula is C9H11BrFNO. The molecule has 0 heterocycles. The maximum atomic E-state index is 13.4. The van der Waals surface area contributed by atoms with E-state index in [9.17, 15) is 9.50 Å². The number of phenols is 1. The van der Waals surface area contributed by atoms with Crippen LogP contribution in [0.15, 0.2) is 16.6 Å². The molecule has 0 aliphatic rings. The van der Waals surface area contributed by atoms with E-state index >= 15 is 0 Å². The van der Waals surface area contributed by atoms with E-state index in [4.69, 9.17) is 0 Å². The minimum absolute atomic E-state index is 0.0101. The van der Waals surface area contributed by atoms with Gasteiger partial charge >= 0.3 is 0 Å². The van der Waals surface area contributed by atoms with E-state index in [1.165, 1.54) is 12.1 Å². The summed E-state index contributed by atoms with van der Waals surface area (Å²) in [7, 11) is 1.78. The molecule has 0 amide bonds. The van der Waals surface area contributed by atoms with Gasteiger partial charge in [-0.3, -0.25) is 0 Å². The van der Waals surface area contributed by atoms with Gasteiger partial charge in [-0.05, 0) is 48.1 Å². The summed E-state index contributed by atoms with van der Waals surface area (Å²) >= 11 is 3.07. The highest BCUT2D eigenvalue weighted by Gasteiger charge is 2.10. The van der Waals surface area contributed by atoms with Crippen LogP contribution in [0.25, 0.3) is 0 Å². The minimum atomic E-state index is -0.379. The first-order chi connectivity index (χ1) is 6.16.